The lowest BCUT2D eigenvalue weighted by atomic mass is 10.2. The maximum absolute atomic E-state index is 6.12. The molecule has 0 unspecified atom stereocenters. The average Bonchev–Trinajstić information content (AvgIpc) is 2.78. The Bertz CT molecular complexity index is 505. The number of halogens is 2. The van der Waals surface area contributed by atoms with Crippen molar-refractivity contribution in [2.75, 3.05) is 13.1 Å². The average molecular weight is 285 g/mol. The highest BCUT2D eigenvalue weighted by atomic mass is 35.5. The number of benzene rings is 1. The monoisotopic (exact) mass is 284 g/mol. The highest BCUT2D eigenvalue weighted by molar-refractivity contribution is 6.39. The number of likely N-dealkylation sites (N-methyl/N-ethyl adjacent to an activating group) is 1. The first-order valence-corrected chi connectivity index (χ1v) is 6.57. The van der Waals surface area contributed by atoms with Crippen molar-refractivity contribution in [1.29, 1.82) is 0 Å². The summed E-state index contributed by atoms with van der Waals surface area (Å²) in [5.41, 5.74) is 0.697. The first-order chi connectivity index (χ1) is 8.72. The summed E-state index contributed by atoms with van der Waals surface area (Å²) in [5.74, 6) is 1.29. The van der Waals surface area contributed by atoms with Gasteiger partial charge in [0.1, 0.15) is 0 Å². The van der Waals surface area contributed by atoms with Crippen molar-refractivity contribution >= 4 is 23.2 Å². The molecule has 0 radical (unpaired) electrons. The molecule has 5 heteroatoms. The molecule has 3 nitrogen and oxygen atoms in total. The molecule has 0 saturated carbocycles. The number of oxazole rings is 1. The van der Waals surface area contributed by atoms with Crippen LogP contribution >= 0.6 is 23.2 Å². The van der Waals surface area contributed by atoms with Gasteiger partial charge in [-0.25, -0.2) is 4.98 Å². The fourth-order valence-electron chi connectivity index (χ4n) is 1.65. The number of nitrogens with one attached hydrogen (secondary N) is 1. The summed E-state index contributed by atoms with van der Waals surface area (Å²) in [6, 6.07) is 5.36. The first-order valence-electron chi connectivity index (χ1n) is 5.82. The largest absolute Gasteiger partial charge is 0.441 e. The van der Waals surface area contributed by atoms with Gasteiger partial charge in [0.15, 0.2) is 11.7 Å². The molecule has 0 atom stereocenters. The van der Waals surface area contributed by atoms with Gasteiger partial charge in [-0.2, -0.15) is 0 Å². The first kappa shape index (κ1) is 13.4. The van der Waals surface area contributed by atoms with E-state index < -0.39 is 0 Å². The van der Waals surface area contributed by atoms with Crippen LogP contribution in [0.2, 0.25) is 10.0 Å². The zero-order valence-electron chi connectivity index (χ0n) is 10.0. The van der Waals surface area contributed by atoms with Gasteiger partial charge >= 0.3 is 0 Å². The summed E-state index contributed by atoms with van der Waals surface area (Å²) >= 11 is 12.2. The van der Waals surface area contributed by atoms with Crippen molar-refractivity contribution < 1.29 is 4.42 Å². The van der Waals surface area contributed by atoms with E-state index >= 15 is 0 Å². The Kier molecular flexibility index (Phi) is 4.64. The Hall–Kier alpha value is -1.03. The van der Waals surface area contributed by atoms with Gasteiger partial charge < -0.3 is 9.73 Å². The van der Waals surface area contributed by atoms with E-state index in [4.69, 9.17) is 27.6 Å². The Morgan fingerprint density at radius 2 is 2.00 bits per heavy atom. The van der Waals surface area contributed by atoms with Crippen molar-refractivity contribution in [2.24, 2.45) is 0 Å². The predicted octanol–water partition coefficient (Wildman–Crippen LogP) is 3.80. The van der Waals surface area contributed by atoms with Crippen LogP contribution in [0, 0.1) is 0 Å². The normalized spacial score (nSPS) is 10.8. The highest BCUT2D eigenvalue weighted by Crippen LogP contribution is 2.34. The van der Waals surface area contributed by atoms with Crippen LogP contribution in [0.5, 0.6) is 0 Å². The molecule has 0 aliphatic heterocycles. The van der Waals surface area contributed by atoms with Crippen molar-refractivity contribution in [1.82, 2.24) is 10.3 Å². The van der Waals surface area contributed by atoms with Crippen LogP contribution < -0.4 is 5.32 Å². The summed E-state index contributed by atoms with van der Waals surface area (Å²) in [7, 11) is 0. The van der Waals surface area contributed by atoms with E-state index in [1.165, 1.54) is 0 Å². The van der Waals surface area contributed by atoms with Gasteiger partial charge in [-0.3, -0.25) is 0 Å². The molecule has 0 spiro atoms. The number of aromatic nitrogens is 1. The summed E-state index contributed by atoms with van der Waals surface area (Å²) in [4.78, 5) is 4.22. The molecule has 0 aliphatic carbocycles. The molecule has 1 aromatic carbocycles. The predicted molar refractivity (Wildman–Crippen MR) is 74.2 cm³/mol. The molecule has 0 fully saturated rings. The maximum Gasteiger partial charge on any atom is 0.196 e. The Balaban J connectivity index is 2.19. The highest BCUT2D eigenvalue weighted by Gasteiger charge is 2.13. The number of hydrogen-bond acceptors (Lipinski definition) is 3. The molecule has 2 rings (SSSR count). The number of nitrogens with zero attached hydrogens (tertiary/aromatic N) is 1. The Labute approximate surface area is 116 Å². The van der Waals surface area contributed by atoms with Crippen molar-refractivity contribution in [3.63, 3.8) is 0 Å². The SMILES string of the molecule is CCNCCc1ncc(-c2c(Cl)cccc2Cl)o1. The van der Waals surface area contributed by atoms with Crippen LogP contribution in [0.4, 0.5) is 0 Å². The van der Waals surface area contributed by atoms with Crippen LogP contribution in [-0.2, 0) is 6.42 Å². The molecule has 1 heterocycles. The number of hydrogen-bond donors (Lipinski definition) is 1. The van der Waals surface area contributed by atoms with Gasteiger partial charge in [0.05, 0.1) is 21.8 Å². The molecule has 96 valence electrons. The van der Waals surface area contributed by atoms with Crippen LogP contribution in [0.25, 0.3) is 11.3 Å². The lowest BCUT2D eigenvalue weighted by molar-refractivity contribution is 0.497. The summed E-state index contributed by atoms with van der Waals surface area (Å²) in [6.45, 7) is 3.83. The molecule has 0 saturated heterocycles. The van der Waals surface area contributed by atoms with Crippen molar-refractivity contribution in [3.8, 4) is 11.3 Å². The van der Waals surface area contributed by atoms with Crippen LogP contribution in [0.3, 0.4) is 0 Å². The molecular weight excluding hydrogens is 271 g/mol. The maximum atomic E-state index is 6.12. The van der Waals surface area contributed by atoms with E-state index in [2.05, 4.69) is 17.2 Å². The van der Waals surface area contributed by atoms with E-state index in [9.17, 15) is 0 Å². The number of rotatable bonds is 5. The van der Waals surface area contributed by atoms with Gasteiger partial charge in [0.2, 0.25) is 0 Å². The van der Waals surface area contributed by atoms with Gasteiger partial charge in [0, 0.05) is 13.0 Å². The molecule has 18 heavy (non-hydrogen) atoms. The second-order valence-electron chi connectivity index (χ2n) is 3.82. The second kappa shape index (κ2) is 6.23. The zero-order valence-corrected chi connectivity index (χ0v) is 11.6. The molecule has 0 bridgehead atoms. The van der Waals surface area contributed by atoms with Crippen LogP contribution in [-0.4, -0.2) is 18.1 Å². The summed E-state index contributed by atoms with van der Waals surface area (Å²) in [5, 5.41) is 4.35. The fourth-order valence-corrected chi connectivity index (χ4v) is 2.23. The quantitative estimate of drug-likeness (QED) is 0.849. The molecule has 0 aliphatic rings. The minimum absolute atomic E-state index is 0.567. The Morgan fingerprint density at radius 1 is 1.28 bits per heavy atom. The van der Waals surface area contributed by atoms with Crippen molar-refractivity contribution in [3.05, 3.63) is 40.3 Å². The summed E-state index contributed by atoms with van der Waals surface area (Å²) in [6.07, 6.45) is 2.41. The third-order valence-corrected chi connectivity index (χ3v) is 3.16. The van der Waals surface area contributed by atoms with Gasteiger partial charge in [0.25, 0.3) is 0 Å². The molecule has 0 amide bonds. The third-order valence-electron chi connectivity index (χ3n) is 2.53. The van der Waals surface area contributed by atoms with Gasteiger partial charge in [-0.05, 0) is 18.7 Å². The molecule has 2 aromatic rings. The van der Waals surface area contributed by atoms with E-state index in [1.54, 1.807) is 24.4 Å². The molecule has 1 N–H and O–H groups in total. The van der Waals surface area contributed by atoms with Crippen molar-refractivity contribution in [2.45, 2.75) is 13.3 Å². The zero-order chi connectivity index (χ0) is 13.0. The smallest absolute Gasteiger partial charge is 0.196 e. The van der Waals surface area contributed by atoms with Crippen LogP contribution in [0.15, 0.2) is 28.8 Å². The van der Waals surface area contributed by atoms with E-state index in [1.807, 2.05) is 0 Å². The lowest BCUT2D eigenvalue weighted by Crippen LogP contribution is -2.16. The van der Waals surface area contributed by atoms with E-state index in [0.29, 0.717) is 27.3 Å². The minimum atomic E-state index is 0.567. The Morgan fingerprint density at radius 3 is 2.67 bits per heavy atom. The summed E-state index contributed by atoms with van der Waals surface area (Å²) < 4.78 is 5.66. The fraction of sp³-hybridized carbons (Fsp3) is 0.308. The molecule has 1 aromatic heterocycles. The lowest BCUT2D eigenvalue weighted by Gasteiger charge is -2.02. The molecular formula is C13H14Cl2N2O. The standard InChI is InChI=1S/C13H14Cl2N2O/c1-2-16-7-6-12-17-8-11(18-12)13-9(14)4-3-5-10(13)15/h3-5,8,16H,2,6-7H2,1H3. The van der Waals surface area contributed by atoms with Gasteiger partial charge in [-0.1, -0.05) is 36.2 Å². The van der Waals surface area contributed by atoms with Gasteiger partial charge in [-0.15, -0.1) is 0 Å². The van der Waals surface area contributed by atoms with Crippen LogP contribution in [0.1, 0.15) is 12.8 Å². The minimum Gasteiger partial charge on any atom is -0.441 e. The van der Waals surface area contributed by atoms with E-state index in [-0.39, 0.29) is 0 Å². The second-order valence-corrected chi connectivity index (χ2v) is 4.63. The topological polar surface area (TPSA) is 38.1 Å². The third kappa shape index (κ3) is 3.05. The van der Waals surface area contributed by atoms with E-state index in [0.717, 1.165) is 19.5 Å².